The minimum Gasteiger partial charge on any atom is -0.243 e. The molecule has 84 valence electrons. The quantitative estimate of drug-likeness (QED) is 0.705. The van der Waals surface area contributed by atoms with Gasteiger partial charge in [0, 0.05) is 16.6 Å². The van der Waals surface area contributed by atoms with Crippen LogP contribution in [0.25, 0.3) is 16.4 Å². The van der Waals surface area contributed by atoms with Gasteiger partial charge in [-0.25, -0.2) is 9.67 Å². The highest BCUT2D eigenvalue weighted by Crippen LogP contribution is 2.24. The Balaban J connectivity index is 2.10. The smallest absolute Gasteiger partial charge is 0.141 e. The fraction of sp³-hybridized carbons (Fsp3) is 0. The van der Waals surface area contributed by atoms with E-state index in [4.69, 9.17) is 11.6 Å². The Morgan fingerprint density at radius 2 is 1.88 bits per heavy atom. The van der Waals surface area contributed by atoms with Gasteiger partial charge in [0.25, 0.3) is 0 Å². The van der Waals surface area contributed by atoms with Crippen LogP contribution in [0, 0.1) is 0 Å². The lowest BCUT2D eigenvalue weighted by atomic mass is 10.3. The van der Waals surface area contributed by atoms with Gasteiger partial charge in [-0.05, 0) is 30.3 Å². The van der Waals surface area contributed by atoms with E-state index in [1.54, 1.807) is 23.7 Å². The topological polar surface area (TPSA) is 30.7 Å². The van der Waals surface area contributed by atoms with Crippen molar-refractivity contribution in [1.82, 2.24) is 14.8 Å². The molecule has 1 aromatic carbocycles. The number of hydrogen-bond donors (Lipinski definition) is 0. The van der Waals surface area contributed by atoms with Crippen molar-refractivity contribution < 1.29 is 0 Å². The third kappa shape index (κ3) is 1.97. The molecule has 3 rings (SSSR count). The van der Waals surface area contributed by atoms with Gasteiger partial charge in [-0.3, -0.25) is 0 Å². The second-order valence-corrected chi connectivity index (χ2v) is 4.77. The van der Waals surface area contributed by atoms with E-state index in [9.17, 15) is 0 Å². The molecule has 5 heteroatoms. The van der Waals surface area contributed by atoms with Crippen LogP contribution in [0.5, 0.6) is 0 Å². The summed E-state index contributed by atoms with van der Waals surface area (Å²) in [5, 5.41) is 7.94. The van der Waals surface area contributed by atoms with E-state index in [0.29, 0.717) is 0 Å². The van der Waals surface area contributed by atoms with Crippen molar-refractivity contribution in [1.29, 1.82) is 0 Å². The molecule has 0 fully saturated rings. The zero-order valence-corrected chi connectivity index (χ0v) is 10.3. The molecule has 0 saturated heterocycles. The molecule has 0 saturated carbocycles. The molecule has 0 amide bonds. The Labute approximate surface area is 107 Å². The monoisotopic (exact) mass is 261 g/mol. The largest absolute Gasteiger partial charge is 0.243 e. The van der Waals surface area contributed by atoms with Gasteiger partial charge in [0.15, 0.2) is 0 Å². The minimum atomic E-state index is 0.719. The highest BCUT2D eigenvalue weighted by molar-refractivity contribution is 7.13. The molecule has 0 bridgehead atoms. The third-order valence-electron chi connectivity index (χ3n) is 2.37. The first-order chi connectivity index (χ1) is 8.34. The van der Waals surface area contributed by atoms with Gasteiger partial charge < -0.3 is 0 Å². The van der Waals surface area contributed by atoms with E-state index >= 15 is 0 Å². The van der Waals surface area contributed by atoms with Crippen molar-refractivity contribution in [3.63, 3.8) is 0 Å². The maximum Gasteiger partial charge on any atom is 0.141 e. The average Bonchev–Trinajstić information content (AvgIpc) is 3.00. The molecule has 0 unspecified atom stereocenters. The summed E-state index contributed by atoms with van der Waals surface area (Å²) in [5.41, 5.74) is 1.96. The predicted molar refractivity (Wildman–Crippen MR) is 69.7 cm³/mol. The second-order valence-electron chi connectivity index (χ2n) is 3.44. The zero-order chi connectivity index (χ0) is 11.7. The maximum absolute atomic E-state index is 5.87. The molecule has 3 nitrogen and oxygen atoms in total. The van der Waals surface area contributed by atoms with Crippen LogP contribution in [-0.4, -0.2) is 14.8 Å². The average molecular weight is 262 g/mol. The van der Waals surface area contributed by atoms with E-state index in [1.165, 1.54) is 0 Å². The standard InChI is InChI=1S/C12H8ClN3S/c13-9-1-3-10(4-2-9)16-11(5-6-15-16)12-14-7-8-17-12/h1-8H. The lowest BCUT2D eigenvalue weighted by Gasteiger charge is -2.05. The molecule has 0 N–H and O–H groups in total. The maximum atomic E-state index is 5.87. The number of nitrogens with zero attached hydrogens (tertiary/aromatic N) is 3. The summed E-state index contributed by atoms with van der Waals surface area (Å²) in [7, 11) is 0. The molecular weight excluding hydrogens is 254 g/mol. The fourth-order valence-corrected chi connectivity index (χ4v) is 2.38. The van der Waals surface area contributed by atoms with E-state index < -0.39 is 0 Å². The fourth-order valence-electron chi connectivity index (χ4n) is 1.60. The lowest BCUT2D eigenvalue weighted by Crippen LogP contribution is -1.98. The number of aromatic nitrogens is 3. The molecule has 0 radical (unpaired) electrons. The number of hydrogen-bond acceptors (Lipinski definition) is 3. The molecule has 2 aromatic heterocycles. The van der Waals surface area contributed by atoms with Crippen molar-refractivity contribution in [2.75, 3.05) is 0 Å². The number of benzene rings is 1. The van der Waals surface area contributed by atoms with Crippen LogP contribution in [0.15, 0.2) is 48.1 Å². The Kier molecular flexibility index (Phi) is 2.66. The second kappa shape index (κ2) is 4.31. The normalized spacial score (nSPS) is 10.6. The summed E-state index contributed by atoms with van der Waals surface area (Å²) in [6.45, 7) is 0. The molecule has 2 heterocycles. The molecule has 0 aliphatic rings. The molecule has 17 heavy (non-hydrogen) atoms. The summed E-state index contributed by atoms with van der Waals surface area (Å²) >= 11 is 7.47. The van der Waals surface area contributed by atoms with Crippen LogP contribution in [0.1, 0.15) is 0 Å². The van der Waals surface area contributed by atoms with Gasteiger partial charge in [0.2, 0.25) is 0 Å². The van der Waals surface area contributed by atoms with Gasteiger partial charge in [-0.15, -0.1) is 11.3 Å². The first kappa shape index (κ1) is 10.5. The van der Waals surface area contributed by atoms with Gasteiger partial charge in [-0.2, -0.15) is 5.10 Å². The SMILES string of the molecule is Clc1ccc(-n2nccc2-c2nccs2)cc1. The lowest BCUT2D eigenvalue weighted by molar-refractivity contribution is 0.887. The highest BCUT2D eigenvalue weighted by atomic mass is 35.5. The molecule has 0 aliphatic heterocycles. The van der Waals surface area contributed by atoms with E-state index in [-0.39, 0.29) is 0 Å². The summed E-state index contributed by atoms with van der Waals surface area (Å²) in [4.78, 5) is 4.29. The van der Waals surface area contributed by atoms with Crippen LogP contribution in [-0.2, 0) is 0 Å². The Morgan fingerprint density at radius 3 is 2.59 bits per heavy atom. The van der Waals surface area contributed by atoms with Crippen LogP contribution in [0.4, 0.5) is 0 Å². The Hall–Kier alpha value is -1.65. The minimum absolute atomic E-state index is 0.719. The van der Waals surface area contributed by atoms with Crippen LogP contribution < -0.4 is 0 Å². The van der Waals surface area contributed by atoms with E-state index in [0.717, 1.165) is 21.4 Å². The number of thiazole rings is 1. The predicted octanol–water partition coefficient (Wildman–Crippen LogP) is 3.65. The molecule has 0 spiro atoms. The first-order valence-electron chi connectivity index (χ1n) is 5.04. The summed E-state index contributed by atoms with van der Waals surface area (Å²) in [6, 6.07) is 9.53. The highest BCUT2D eigenvalue weighted by Gasteiger charge is 2.08. The van der Waals surface area contributed by atoms with Crippen LogP contribution in [0.3, 0.4) is 0 Å². The van der Waals surface area contributed by atoms with Crippen molar-refractivity contribution in [2.45, 2.75) is 0 Å². The number of halogens is 1. The van der Waals surface area contributed by atoms with Crippen molar-refractivity contribution in [2.24, 2.45) is 0 Å². The summed E-state index contributed by atoms with van der Waals surface area (Å²) in [5.74, 6) is 0. The first-order valence-corrected chi connectivity index (χ1v) is 6.30. The molecular formula is C12H8ClN3S. The Morgan fingerprint density at radius 1 is 1.06 bits per heavy atom. The zero-order valence-electron chi connectivity index (χ0n) is 8.75. The van der Waals surface area contributed by atoms with Gasteiger partial charge in [0.1, 0.15) is 10.7 Å². The molecule has 0 aliphatic carbocycles. The van der Waals surface area contributed by atoms with Gasteiger partial charge in [-0.1, -0.05) is 11.6 Å². The number of rotatable bonds is 2. The molecule has 0 atom stereocenters. The van der Waals surface area contributed by atoms with Crippen LogP contribution in [0.2, 0.25) is 5.02 Å². The van der Waals surface area contributed by atoms with E-state index in [1.807, 2.05) is 40.4 Å². The van der Waals surface area contributed by atoms with E-state index in [2.05, 4.69) is 10.1 Å². The van der Waals surface area contributed by atoms with Crippen molar-refractivity contribution in [3.8, 4) is 16.4 Å². The third-order valence-corrected chi connectivity index (χ3v) is 3.41. The molecule has 3 aromatic rings. The summed E-state index contributed by atoms with van der Waals surface area (Å²) < 4.78 is 1.86. The van der Waals surface area contributed by atoms with Gasteiger partial charge >= 0.3 is 0 Å². The van der Waals surface area contributed by atoms with Gasteiger partial charge in [0.05, 0.1) is 11.9 Å². The summed E-state index contributed by atoms with van der Waals surface area (Å²) in [6.07, 6.45) is 3.56. The van der Waals surface area contributed by atoms with Crippen molar-refractivity contribution >= 4 is 22.9 Å². The Bertz CT molecular complexity index is 614. The van der Waals surface area contributed by atoms with Crippen molar-refractivity contribution in [3.05, 3.63) is 53.1 Å². The van der Waals surface area contributed by atoms with Crippen LogP contribution >= 0.6 is 22.9 Å².